The van der Waals surface area contributed by atoms with Crippen LogP contribution in [0.1, 0.15) is 29.3 Å². The topological polar surface area (TPSA) is 152 Å². The number of rotatable bonds is 9. The number of fused-ring (bicyclic) bond motifs is 1. The highest BCUT2D eigenvalue weighted by Crippen LogP contribution is 2.37. The molecule has 0 saturated carbocycles. The van der Waals surface area contributed by atoms with Gasteiger partial charge < -0.3 is 35.1 Å². The van der Waals surface area contributed by atoms with Gasteiger partial charge in [-0.05, 0) is 31.3 Å². The smallest absolute Gasteiger partial charge is 0.522 e. The first kappa shape index (κ1) is 22.4. The van der Waals surface area contributed by atoms with Crippen molar-refractivity contribution in [3.63, 3.8) is 0 Å². The van der Waals surface area contributed by atoms with Crippen LogP contribution in [0.2, 0.25) is 6.32 Å². The van der Waals surface area contributed by atoms with Gasteiger partial charge in [0.2, 0.25) is 0 Å². The molecule has 1 aromatic carbocycles. The zero-order chi connectivity index (χ0) is 21.9. The SMILES string of the molecule is C[C@@](N)(CN1CC(Oc2ccc3c(c2C(=O)O)OB(O)CC3)C1)C(=O)OCCCO. The largest absolute Gasteiger partial charge is 0.535 e. The summed E-state index contributed by atoms with van der Waals surface area (Å²) in [6.07, 6.45) is 1.02. The molecule has 5 N–H and O–H groups in total. The maximum atomic E-state index is 12.1. The normalized spacial score (nSPS) is 18.6. The van der Waals surface area contributed by atoms with E-state index in [-0.39, 0.29) is 42.9 Å². The number of benzene rings is 1. The summed E-state index contributed by atoms with van der Waals surface area (Å²) in [4.78, 5) is 25.8. The molecular weight excluding hydrogens is 395 g/mol. The van der Waals surface area contributed by atoms with E-state index in [4.69, 9.17) is 25.0 Å². The zero-order valence-electron chi connectivity index (χ0n) is 16.9. The van der Waals surface area contributed by atoms with Crippen molar-refractivity contribution in [2.45, 2.75) is 37.7 Å². The van der Waals surface area contributed by atoms with Crippen molar-refractivity contribution < 1.29 is 39.0 Å². The average Bonchev–Trinajstić information content (AvgIpc) is 2.65. The van der Waals surface area contributed by atoms with Crippen molar-refractivity contribution in [3.8, 4) is 11.5 Å². The number of aliphatic hydroxyl groups excluding tert-OH is 1. The lowest BCUT2D eigenvalue weighted by molar-refractivity contribution is -0.151. The number of carboxylic acid groups (broad SMARTS) is 1. The van der Waals surface area contributed by atoms with Crippen LogP contribution < -0.4 is 15.1 Å². The minimum Gasteiger partial charge on any atom is -0.535 e. The molecule has 3 rings (SSSR count). The van der Waals surface area contributed by atoms with Crippen LogP contribution in [0.3, 0.4) is 0 Å². The van der Waals surface area contributed by atoms with Crippen LogP contribution in [0.5, 0.6) is 11.5 Å². The van der Waals surface area contributed by atoms with Crippen LogP contribution in [0.4, 0.5) is 0 Å². The molecule has 1 saturated heterocycles. The number of aliphatic hydroxyl groups is 1. The molecular formula is C19H27BN2O8. The number of nitrogens with zero attached hydrogens (tertiary/aromatic N) is 1. The Kier molecular flexibility index (Phi) is 6.86. The number of likely N-dealkylation sites (tertiary alicyclic amines) is 1. The van der Waals surface area contributed by atoms with E-state index in [1.807, 2.05) is 4.90 Å². The summed E-state index contributed by atoms with van der Waals surface area (Å²) in [5.74, 6) is -1.40. The Morgan fingerprint density at radius 2 is 2.13 bits per heavy atom. The Labute approximate surface area is 174 Å². The first-order valence-electron chi connectivity index (χ1n) is 9.91. The lowest BCUT2D eigenvalue weighted by Crippen LogP contribution is -2.62. The van der Waals surface area contributed by atoms with Crippen LogP contribution in [-0.4, -0.2) is 83.7 Å². The first-order chi connectivity index (χ1) is 14.2. The predicted molar refractivity (Wildman–Crippen MR) is 107 cm³/mol. The minimum atomic E-state index is -1.21. The number of hydrogen-bond acceptors (Lipinski definition) is 9. The lowest BCUT2D eigenvalue weighted by Gasteiger charge is -2.42. The highest BCUT2D eigenvalue weighted by atomic mass is 16.5. The Balaban J connectivity index is 1.58. The van der Waals surface area contributed by atoms with Gasteiger partial charge in [-0.15, -0.1) is 0 Å². The Morgan fingerprint density at radius 1 is 1.40 bits per heavy atom. The molecule has 164 valence electrons. The summed E-state index contributed by atoms with van der Waals surface area (Å²) in [5, 5.41) is 28.1. The van der Waals surface area contributed by atoms with Crippen LogP contribution in [0.25, 0.3) is 0 Å². The van der Waals surface area contributed by atoms with Gasteiger partial charge >= 0.3 is 19.1 Å². The molecule has 1 aromatic rings. The number of hydrogen-bond donors (Lipinski definition) is 4. The van der Waals surface area contributed by atoms with Gasteiger partial charge in [0, 0.05) is 32.7 Å². The van der Waals surface area contributed by atoms with Crippen molar-refractivity contribution in [1.82, 2.24) is 4.90 Å². The predicted octanol–water partition coefficient (Wildman–Crippen LogP) is -0.494. The molecule has 11 heteroatoms. The number of ether oxygens (including phenoxy) is 2. The Morgan fingerprint density at radius 3 is 2.80 bits per heavy atom. The van der Waals surface area contributed by atoms with E-state index in [1.165, 1.54) is 0 Å². The molecule has 2 aliphatic rings. The third-order valence-corrected chi connectivity index (χ3v) is 5.10. The summed E-state index contributed by atoms with van der Waals surface area (Å²) in [6.45, 7) is 2.82. The fraction of sp³-hybridized carbons (Fsp3) is 0.579. The summed E-state index contributed by atoms with van der Waals surface area (Å²) in [6, 6.07) is 3.36. The molecule has 10 nitrogen and oxygen atoms in total. The van der Waals surface area contributed by atoms with Gasteiger partial charge in [-0.2, -0.15) is 0 Å². The third-order valence-electron chi connectivity index (χ3n) is 5.10. The summed E-state index contributed by atoms with van der Waals surface area (Å²) in [7, 11) is -1.04. The van der Waals surface area contributed by atoms with Crippen LogP contribution in [0, 0.1) is 0 Å². The molecule has 30 heavy (non-hydrogen) atoms. The van der Waals surface area contributed by atoms with Crippen LogP contribution >= 0.6 is 0 Å². The van der Waals surface area contributed by atoms with E-state index in [2.05, 4.69) is 0 Å². The second-order valence-electron chi connectivity index (χ2n) is 7.91. The van der Waals surface area contributed by atoms with Gasteiger partial charge in [0.15, 0.2) is 0 Å². The van der Waals surface area contributed by atoms with Gasteiger partial charge in [-0.25, -0.2) is 4.79 Å². The molecule has 2 heterocycles. The van der Waals surface area contributed by atoms with Crippen molar-refractivity contribution in [3.05, 3.63) is 23.3 Å². The number of aromatic carboxylic acids is 1. The van der Waals surface area contributed by atoms with E-state index >= 15 is 0 Å². The van der Waals surface area contributed by atoms with E-state index in [1.54, 1.807) is 19.1 Å². The third kappa shape index (κ3) is 5.04. The molecule has 0 aliphatic carbocycles. The molecule has 2 aliphatic heterocycles. The monoisotopic (exact) mass is 422 g/mol. The highest BCUT2D eigenvalue weighted by Gasteiger charge is 2.39. The van der Waals surface area contributed by atoms with Crippen molar-refractivity contribution in [1.29, 1.82) is 0 Å². The molecule has 0 radical (unpaired) electrons. The molecule has 0 amide bonds. The van der Waals surface area contributed by atoms with Gasteiger partial charge in [0.05, 0.1) is 6.61 Å². The minimum absolute atomic E-state index is 0.0647. The van der Waals surface area contributed by atoms with Gasteiger partial charge in [-0.3, -0.25) is 9.69 Å². The quantitative estimate of drug-likeness (QED) is 0.233. The first-order valence-corrected chi connectivity index (χ1v) is 9.91. The standard InChI is InChI=1S/C19H27BN2O8/c1-19(21,18(26)28-8-2-7-23)11-22-9-13(10-22)29-14-4-3-12-5-6-20(27)30-16(12)15(14)17(24)25/h3-4,13,23,27H,2,5-11,21H2,1H3,(H,24,25)/t19-/m1/s1. The van der Waals surface area contributed by atoms with E-state index in [9.17, 15) is 19.7 Å². The number of aryl methyl sites for hydroxylation is 1. The second kappa shape index (κ2) is 9.21. The van der Waals surface area contributed by atoms with E-state index < -0.39 is 24.6 Å². The van der Waals surface area contributed by atoms with Crippen LogP contribution in [-0.2, 0) is 16.0 Å². The van der Waals surface area contributed by atoms with E-state index in [0.717, 1.165) is 5.56 Å². The molecule has 1 fully saturated rings. The number of carbonyl (C=O) groups excluding carboxylic acids is 1. The summed E-state index contributed by atoms with van der Waals surface area (Å²) < 4.78 is 16.3. The van der Waals surface area contributed by atoms with Crippen molar-refractivity contribution in [2.75, 3.05) is 32.8 Å². The Hall–Kier alpha value is -2.34. The number of nitrogens with two attached hydrogens (primary N) is 1. The number of carboxylic acids is 1. The molecule has 0 bridgehead atoms. The van der Waals surface area contributed by atoms with E-state index in [0.29, 0.717) is 32.3 Å². The highest BCUT2D eigenvalue weighted by molar-refractivity contribution is 6.44. The van der Waals surface area contributed by atoms with Gasteiger partial charge in [-0.1, -0.05) is 6.07 Å². The molecule has 0 unspecified atom stereocenters. The number of esters is 1. The average molecular weight is 422 g/mol. The zero-order valence-corrected chi connectivity index (χ0v) is 16.9. The maximum Gasteiger partial charge on any atom is 0.522 e. The molecule has 0 spiro atoms. The summed E-state index contributed by atoms with van der Waals surface area (Å²) in [5.41, 5.74) is 5.49. The maximum absolute atomic E-state index is 12.1. The molecule has 0 aromatic heterocycles. The van der Waals surface area contributed by atoms with Crippen molar-refractivity contribution in [2.24, 2.45) is 5.73 Å². The fourth-order valence-electron chi connectivity index (χ4n) is 3.54. The number of carbonyl (C=O) groups is 2. The van der Waals surface area contributed by atoms with Crippen molar-refractivity contribution >= 4 is 19.1 Å². The fourth-order valence-corrected chi connectivity index (χ4v) is 3.54. The second-order valence-corrected chi connectivity index (χ2v) is 7.91. The van der Waals surface area contributed by atoms with Gasteiger partial charge in [0.1, 0.15) is 28.7 Å². The van der Waals surface area contributed by atoms with Gasteiger partial charge in [0.25, 0.3) is 0 Å². The Bertz CT molecular complexity index is 797. The summed E-state index contributed by atoms with van der Waals surface area (Å²) >= 11 is 0. The lowest BCUT2D eigenvalue weighted by atomic mass is 9.78. The molecule has 1 atom stereocenters. The van der Waals surface area contributed by atoms with Crippen LogP contribution in [0.15, 0.2) is 12.1 Å².